The molecule has 0 saturated heterocycles. The Morgan fingerprint density at radius 3 is 2.50 bits per heavy atom. The van der Waals surface area contributed by atoms with Gasteiger partial charge in [-0.1, -0.05) is 30.3 Å². The third kappa shape index (κ3) is 7.78. The number of halogens is 1. The van der Waals surface area contributed by atoms with Crippen LogP contribution >= 0.6 is 11.6 Å². The molecule has 22 heavy (non-hydrogen) atoms. The van der Waals surface area contributed by atoms with Gasteiger partial charge in [0.2, 0.25) is 5.91 Å². The molecule has 5 nitrogen and oxygen atoms in total. The predicted octanol–water partition coefficient (Wildman–Crippen LogP) is 2.21. The van der Waals surface area contributed by atoms with E-state index < -0.39 is 5.38 Å². The Morgan fingerprint density at radius 2 is 1.86 bits per heavy atom. The minimum atomic E-state index is -0.666. The zero-order valence-corrected chi connectivity index (χ0v) is 13.3. The highest BCUT2D eigenvalue weighted by atomic mass is 35.5. The number of rotatable bonds is 9. The summed E-state index contributed by atoms with van der Waals surface area (Å²) < 4.78 is 5.10. The molecule has 1 rings (SSSR count). The summed E-state index contributed by atoms with van der Waals surface area (Å²) >= 11 is 5.56. The Labute approximate surface area is 135 Å². The Balaban J connectivity index is 2.11. The smallest absolute Gasteiger partial charge is 0.306 e. The van der Waals surface area contributed by atoms with Crippen molar-refractivity contribution in [2.75, 3.05) is 6.54 Å². The number of hydrogen-bond donors (Lipinski definition) is 1. The van der Waals surface area contributed by atoms with Gasteiger partial charge in [-0.15, -0.1) is 11.6 Å². The normalized spacial score (nSPS) is 11.5. The van der Waals surface area contributed by atoms with Gasteiger partial charge in [-0.25, -0.2) is 0 Å². The quantitative estimate of drug-likeness (QED) is 0.558. The van der Waals surface area contributed by atoms with Crippen LogP contribution in [0.1, 0.15) is 31.7 Å². The van der Waals surface area contributed by atoms with E-state index in [1.54, 1.807) is 0 Å². The van der Waals surface area contributed by atoms with Crippen molar-refractivity contribution >= 4 is 29.3 Å². The Hall–Kier alpha value is -1.88. The number of esters is 1. The van der Waals surface area contributed by atoms with Gasteiger partial charge in [-0.05, 0) is 18.9 Å². The van der Waals surface area contributed by atoms with Crippen LogP contribution in [-0.2, 0) is 25.7 Å². The first kappa shape index (κ1) is 18.2. The molecule has 0 aliphatic rings. The lowest BCUT2D eigenvalue weighted by Crippen LogP contribution is -2.34. The van der Waals surface area contributed by atoms with Crippen LogP contribution in [0.2, 0.25) is 0 Å². The van der Waals surface area contributed by atoms with Crippen LogP contribution in [0.5, 0.6) is 0 Å². The molecule has 0 spiro atoms. The molecular formula is C16H20ClNO4. The minimum Gasteiger partial charge on any atom is -0.461 e. The molecule has 0 heterocycles. The summed E-state index contributed by atoms with van der Waals surface area (Å²) in [7, 11) is 0. The van der Waals surface area contributed by atoms with Gasteiger partial charge in [0, 0.05) is 12.8 Å². The van der Waals surface area contributed by atoms with Crippen molar-refractivity contribution in [2.24, 2.45) is 0 Å². The van der Waals surface area contributed by atoms with Gasteiger partial charge in [0.15, 0.2) is 5.78 Å². The predicted molar refractivity (Wildman–Crippen MR) is 83.4 cm³/mol. The second kappa shape index (κ2) is 9.95. The van der Waals surface area contributed by atoms with Crippen LogP contribution in [-0.4, -0.2) is 29.6 Å². The fourth-order valence-corrected chi connectivity index (χ4v) is 1.73. The van der Waals surface area contributed by atoms with Gasteiger partial charge in [0.05, 0.1) is 6.54 Å². The lowest BCUT2D eigenvalue weighted by Gasteiger charge is -2.06. The van der Waals surface area contributed by atoms with E-state index in [1.807, 2.05) is 30.3 Å². The monoisotopic (exact) mass is 325 g/mol. The molecular weight excluding hydrogens is 306 g/mol. The highest BCUT2D eigenvalue weighted by Crippen LogP contribution is 2.04. The second-order valence-corrected chi connectivity index (χ2v) is 5.53. The summed E-state index contributed by atoms with van der Waals surface area (Å²) in [6.45, 7) is 1.70. The molecule has 1 atom stereocenters. The summed E-state index contributed by atoms with van der Waals surface area (Å²) in [6, 6.07) is 9.38. The molecule has 6 heteroatoms. The highest BCUT2D eigenvalue weighted by Gasteiger charge is 2.11. The van der Waals surface area contributed by atoms with E-state index in [2.05, 4.69) is 5.32 Å². The fourth-order valence-electron chi connectivity index (χ4n) is 1.65. The number of nitrogens with one attached hydrogen (secondary N) is 1. The average molecular weight is 326 g/mol. The molecule has 120 valence electrons. The largest absolute Gasteiger partial charge is 0.461 e. The zero-order chi connectivity index (χ0) is 16.4. The van der Waals surface area contributed by atoms with Crippen molar-refractivity contribution in [2.45, 2.75) is 38.2 Å². The van der Waals surface area contributed by atoms with Crippen molar-refractivity contribution in [3.63, 3.8) is 0 Å². The fraction of sp³-hybridized carbons (Fsp3) is 0.438. The lowest BCUT2D eigenvalue weighted by molar-refractivity contribution is -0.145. The van der Waals surface area contributed by atoms with Crippen LogP contribution in [0.15, 0.2) is 30.3 Å². The standard InChI is InChI=1S/C16H20ClNO4/c1-12(17)16(21)18-10-14(19)8-5-9-15(20)22-11-13-6-3-2-4-7-13/h2-4,6-7,12H,5,8-11H2,1H3,(H,18,21). The third-order valence-electron chi connectivity index (χ3n) is 2.90. The first-order valence-electron chi connectivity index (χ1n) is 7.12. The number of hydrogen-bond acceptors (Lipinski definition) is 4. The van der Waals surface area contributed by atoms with Gasteiger partial charge < -0.3 is 10.1 Å². The summed E-state index contributed by atoms with van der Waals surface area (Å²) in [6.07, 6.45) is 0.800. The van der Waals surface area contributed by atoms with Crippen molar-refractivity contribution in [3.05, 3.63) is 35.9 Å². The van der Waals surface area contributed by atoms with Gasteiger partial charge >= 0.3 is 5.97 Å². The average Bonchev–Trinajstić information content (AvgIpc) is 2.51. The zero-order valence-electron chi connectivity index (χ0n) is 12.5. The molecule has 1 aromatic rings. The van der Waals surface area contributed by atoms with Crippen LogP contribution in [0.4, 0.5) is 0 Å². The number of Topliss-reactive ketones (excluding diaryl/α,β-unsaturated/α-hetero) is 1. The molecule has 1 aromatic carbocycles. The summed E-state index contributed by atoms with van der Waals surface area (Å²) in [5.41, 5.74) is 0.921. The van der Waals surface area contributed by atoms with Gasteiger partial charge in [0.25, 0.3) is 0 Å². The maximum absolute atomic E-state index is 11.5. The van der Waals surface area contributed by atoms with E-state index in [-0.39, 0.29) is 43.7 Å². The molecule has 0 bridgehead atoms. The van der Waals surface area contributed by atoms with E-state index in [1.165, 1.54) is 6.92 Å². The maximum Gasteiger partial charge on any atom is 0.306 e. The van der Waals surface area contributed by atoms with Gasteiger partial charge in [-0.3, -0.25) is 14.4 Å². The summed E-state index contributed by atoms with van der Waals surface area (Å²) in [4.78, 5) is 34.2. The number of amides is 1. The number of ketones is 1. The molecule has 0 aliphatic heterocycles. The Kier molecular flexibility index (Phi) is 8.22. The molecule has 1 unspecified atom stereocenters. The van der Waals surface area contributed by atoms with Crippen LogP contribution in [0.25, 0.3) is 0 Å². The Bertz CT molecular complexity index is 502. The van der Waals surface area contributed by atoms with E-state index in [9.17, 15) is 14.4 Å². The van der Waals surface area contributed by atoms with E-state index >= 15 is 0 Å². The van der Waals surface area contributed by atoms with Crippen LogP contribution in [0, 0.1) is 0 Å². The number of ether oxygens (including phenoxy) is 1. The van der Waals surface area contributed by atoms with Crippen LogP contribution < -0.4 is 5.32 Å². The van der Waals surface area contributed by atoms with Gasteiger partial charge in [0.1, 0.15) is 12.0 Å². The highest BCUT2D eigenvalue weighted by molar-refractivity contribution is 6.30. The molecule has 0 aliphatic carbocycles. The molecule has 1 N–H and O–H groups in total. The van der Waals surface area contributed by atoms with Crippen molar-refractivity contribution < 1.29 is 19.1 Å². The van der Waals surface area contributed by atoms with Crippen molar-refractivity contribution in [1.29, 1.82) is 0 Å². The first-order valence-corrected chi connectivity index (χ1v) is 7.55. The molecule has 0 saturated carbocycles. The van der Waals surface area contributed by atoms with E-state index in [0.717, 1.165) is 5.56 Å². The Morgan fingerprint density at radius 1 is 1.18 bits per heavy atom. The SMILES string of the molecule is CC(Cl)C(=O)NCC(=O)CCCC(=O)OCc1ccccc1. The minimum absolute atomic E-state index is 0.0606. The topological polar surface area (TPSA) is 72.5 Å². The molecule has 0 aromatic heterocycles. The second-order valence-electron chi connectivity index (χ2n) is 4.87. The molecule has 1 amide bonds. The maximum atomic E-state index is 11.5. The summed E-state index contributed by atoms with van der Waals surface area (Å²) in [5.74, 6) is -0.853. The molecule has 0 fully saturated rings. The summed E-state index contributed by atoms with van der Waals surface area (Å²) in [5, 5.41) is 1.76. The lowest BCUT2D eigenvalue weighted by atomic mass is 10.2. The van der Waals surface area contributed by atoms with Crippen LogP contribution in [0.3, 0.4) is 0 Å². The van der Waals surface area contributed by atoms with Crippen molar-refractivity contribution in [1.82, 2.24) is 5.32 Å². The van der Waals surface area contributed by atoms with E-state index in [0.29, 0.717) is 6.42 Å². The van der Waals surface area contributed by atoms with E-state index in [4.69, 9.17) is 16.3 Å². The number of carbonyl (C=O) groups excluding carboxylic acids is 3. The number of carbonyl (C=O) groups is 3. The number of benzene rings is 1. The third-order valence-corrected chi connectivity index (χ3v) is 3.10. The number of alkyl halides is 1. The van der Waals surface area contributed by atoms with Crippen molar-refractivity contribution in [3.8, 4) is 0 Å². The first-order chi connectivity index (χ1) is 10.5. The molecule has 0 radical (unpaired) electrons. The van der Waals surface area contributed by atoms with Gasteiger partial charge in [-0.2, -0.15) is 0 Å².